The van der Waals surface area contributed by atoms with Crippen molar-refractivity contribution in [3.8, 4) is 11.5 Å². The zero-order chi connectivity index (χ0) is 19.8. The Morgan fingerprint density at radius 3 is 2.52 bits per heavy atom. The summed E-state index contributed by atoms with van der Waals surface area (Å²) in [7, 11) is 0. The molecule has 0 unspecified atom stereocenters. The summed E-state index contributed by atoms with van der Waals surface area (Å²) in [6.07, 6.45) is 3.31. The molecule has 148 valence electrons. The van der Waals surface area contributed by atoms with Gasteiger partial charge < -0.3 is 24.7 Å². The van der Waals surface area contributed by atoms with Crippen molar-refractivity contribution in [2.45, 2.75) is 40.0 Å². The first-order valence-electron chi connectivity index (χ1n) is 9.48. The van der Waals surface area contributed by atoms with Gasteiger partial charge in [-0.3, -0.25) is 4.79 Å². The third-order valence-corrected chi connectivity index (χ3v) is 4.71. The minimum absolute atomic E-state index is 0.229. The highest BCUT2D eigenvalue weighted by molar-refractivity contribution is 5.84. The Bertz CT molecular complexity index is 698. The summed E-state index contributed by atoms with van der Waals surface area (Å²) < 4.78 is 11.2. The Balaban J connectivity index is 1.95. The van der Waals surface area contributed by atoms with E-state index < -0.39 is 17.8 Å². The number of amides is 1. The number of hydrogen-bond acceptors (Lipinski definition) is 5. The van der Waals surface area contributed by atoms with Crippen LogP contribution in [-0.4, -0.2) is 31.6 Å². The molecule has 1 aromatic carbocycles. The van der Waals surface area contributed by atoms with Crippen LogP contribution < -0.4 is 19.9 Å². The van der Waals surface area contributed by atoms with Crippen LogP contribution in [0.1, 0.15) is 39.2 Å². The normalized spacial score (nSPS) is 19.1. The molecule has 0 saturated carbocycles. The van der Waals surface area contributed by atoms with Gasteiger partial charge in [-0.25, -0.2) is 0 Å². The highest BCUT2D eigenvalue weighted by atomic mass is 16.5. The second-order valence-electron chi connectivity index (χ2n) is 6.71. The molecule has 1 amide bonds. The van der Waals surface area contributed by atoms with Crippen molar-refractivity contribution in [3.05, 3.63) is 35.4 Å². The molecular formula is C21H28NO5-. The maximum Gasteiger partial charge on any atom is 0.224 e. The third-order valence-electron chi connectivity index (χ3n) is 4.71. The Morgan fingerprint density at radius 2 is 1.85 bits per heavy atom. The van der Waals surface area contributed by atoms with E-state index in [1.54, 1.807) is 0 Å². The van der Waals surface area contributed by atoms with Crippen LogP contribution in [0.15, 0.2) is 29.8 Å². The molecule has 0 radical (unpaired) electrons. The zero-order valence-electron chi connectivity index (χ0n) is 16.2. The molecule has 27 heavy (non-hydrogen) atoms. The number of carboxylic acid groups (broad SMARTS) is 1. The van der Waals surface area contributed by atoms with Gasteiger partial charge >= 0.3 is 0 Å². The van der Waals surface area contributed by atoms with Crippen molar-refractivity contribution in [2.24, 2.45) is 11.8 Å². The number of ether oxygens (including phenoxy) is 2. The number of rotatable bonds is 9. The lowest BCUT2D eigenvalue weighted by Gasteiger charge is -2.30. The van der Waals surface area contributed by atoms with E-state index in [2.05, 4.69) is 5.32 Å². The molecule has 0 spiro atoms. The number of benzene rings is 1. The molecule has 0 aliphatic heterocycles. The smallest absolute Gasteiger partial charge is 0.224 e. The number of carbonyl (C=O) groups is 2. The number of carbonyl (C=O) groups excluding carboxylic acids is 2. The van der Waals surface area contributed by atoms with Gasteiger partial charge in [-0.05, 0) is 57.7 Å². The standard InChI is InChI=1S/C21H29NO5/c1-4-26-18-9-7-15(13-19(18)27-5-2)10-11-22-20(23)17-12-14(3)6-8-16(17)21(24)25/h6-7,9,13,16-17H,4-5,8,10-12H2,1-3H3,(H,22,23)(H,24,25)/p-1/t16-,17-/m0/s1. The summed E-state index contributed by atoms with van der Waals surface area (Å²) in [6.45, 7) is 7.28. The fourth-order valence-electron chi connectivity index (χ4n) is 3.31. The highest BCUT2D eigenvalue weighted by Crippen LogP contribution is 2.30. The van der Waals surface area contributed by atoms with Crippen LogP contribution in [-0.2, 0) is 16.0 Å². The lowest BCUT2D eigenvalue weighted by Crippen LogP contribution is -2.44. The first-order valence-corrected chi connectivity index (χ1v) is 9.48. The fraction of sp³-hybridized carbons (Fsp3) is 0.524. The van der Waals surface area contributed by atoms with Crippen LogP contribution in [0.2, 0.25) is 0 Å². The van der Waals surface area contributed by atoms with E-state index in [0.717, 1.165) is 11.1 Å². The van der Waals surface area contributed by atoms with Gasteiger partial charge in [0.2, 0.25) is 5.91 Å². The van der Waals surface area contributed by atoms with Crippen LogP contribution in [0, 0.1) is 11.8 Å². The molecule has 0 bridgehead atoms. The Hall–Kier alpha value is -2.50. The van der Waals surface area contributed by atoms with Gasteiger partial charge in [0.15, 0.2) is 11.5 Å². The van der Waals surface area contributed by atoms with Gasteiger partial charge in [-0.1, -0.05) is 17.7 Å². The van der Waals surface area contributed by atoms with Crippen molar-refractivity contribution < 1.29 is 24.2 Å². The minimum atomic E-state index is -1.16. The van der Waals surface area contributed by atoms with E-state index in [0.29, 0.717) is 50.5 Å². The Morgan fingerprint density at radius 1 is 1.15 bits per heavy atom. The van der Waals surface area contributed by atoms with Crippen LogP contribution in [0.5, 0.6) is 11.5 Å². The van der Waals surface area contributed by atoms with E-state index >= 15 is 0 Å². The molecule has 2 rings (SSSR count). The molecule has 2 atom stereocenters. The van der Waals surface area contributed by atoms with Gasteiger partial charge in [-0.2, -0.15) is 0 Å². The minimum Gasteiger partial charge on any atom is -0.550 e. The molecule has 0 saturated heterocycles. The average molecular weight is 374 g/mol. The first-order chi connectivity index (χ1) is 13.0. The summed E-state index contributed by atoms with van der Waals surface area (Å²) >= 11 is 0. The fourth-order valence-corrected chi connectivity index (χ4v) is 3.31. The number of hydrogen-bond donors (Lipinski definition) is 1. The number of carboxylic acids is 1. The van der Waals surface area contributed by atoms with Crippen molar-refractivity contribution in [1.82, 2.24) is 5.32 Å². The maximum absolute atomic E-state index is 12.5. The van der Waals surface area contributed by atoms with Gasteiger partial charge in [-0.15, -0.1) is 0 Å². The maximum atomic E-state index is 12.5. The monoisotopic (exact) mass is 374 g/mol. The van der Waals surface area contributed by atoms with E-state index in [1.165, 1.54) is 0 Å². The Labute approximate surface area is 160 Å². The summed E-state index contributed by atoms with van der Waals surface area (Å²) in [5, 5.41) is 14.2. The van der Waals surface area contributed by atoms with Crippen molar-refractivity contribution in [3.63, 3.8) is 0 Å². The van der Waals surface area contributed by atoms with Crippen LogP contribution in [0.4, 0.5) is 0 Å². The lowest BCUT2D eigenvalue weighted by atomic mass is 9.79. The van der Waals surface area contributed by atoms with E-state index in [-0.39, 0.29) is 5.91 Å². The first kappa shape index (κ1) is 20.8. The molecule has 0 heterocycles. The van der Waals surface area contributed by atoms with Gasteiger partial charge in [0.05, 0.1) is 13.2 Å². The number of nitrogens with one attached hydrogen (secondary N) is 1. The molecule has 1 N–H and O–H groups in total. The molecule has 0 aromatic heterocycles. The quantitative estimate of drug-likeness (QED) is 0.667. The van der Waals surface area contributed by atoms with E-state index in [4.69, 9.17) is 9.47 Å². The molecular weight excluding hydrogens is 346 g/mol. The summed E-state index contributed by atoms with van der Waals surface area (Å²) in [5.41, 5.74) is 2.05. The second kappa shape index (κ2) is 10.00. The van der Waals surface area contributed by atoms with E-state index in [1.807, 2.05) is 45.0 Å². The molecule has 1 aliphatic rings. The molecule has 6 heteroatoms. The average Bonchev–Trinajstić information content (AvgIpc) is 2.63. The summed E-state index contributed by atoms with van der Waals surface area (Å²) in [4.78, 5) is 23.8. The van der Waals surface area contributed by atoms with Gasteiger partial charge in [0.1, 0.15) is 0 Å². The summed E-state index contributed by atoms with van der Waals surface area (Å²) in [6, 6.07) is 5.72. The topological polar surface area (TPSA) is 87.7 Å². The lowest BCUT2D eigenvalue weighted by molar-refractivity contribution is -0.313. The van der Waals surface area contributed by atoms with Crippen molar-refractivity contribution in [2.75, 3.05) is 19.8 Å². The second-order valence-corrected chi connectivity index (χ2v) is 6.71. The van der Waals surface area contributed by atoms with Crippen LogP contribution in [0.25, 0.3) is 0 Å². The zero-order valence-corrected chi connectivity index (χ0v) is 16.2. The highest BCUT2D eigenvalue weighted by Gasteiger charge is 2.31. The molecule has 6 nitrogen and oxygen atoms in total. The van der Waals surface area contributed by atoms with Crippen molar-refractivity contribution in [1.29, 1.82) is 0 Å². The molecule has 1 aliphatic carbocycles. The summed E-state index contributed by atoms with van der Waals surface area (Å²) in [5.74, 6) is -1.33. The van der Waals surface area contributed by atoms with Gasteiger partial charge in [0, 0.05) is 24.3 Å². The largest absolute Gasteiger partial charge is 0.550 e. The van der Waals surface area contributed by atoms with Crippen LogP contribution >= 0.6 is 0 Å². The molecule has 1 aromatic rings. The Kier molecular flexibility index (Phi) is 7.70. The third kappa shape index (κ3) is 5.74. The number of aliphatic carboxylic acids is 1. The van der Waals surface area contributed by atoms with Gasteiger partial charge in [0.25, 0.3) is 0 Å². The van der Waals surface area contributed by atoms with Crippen molar-refractivity contribution >= 4 is 11.9 Å². The SMILES string of the molecule is CCOc1ccc(CCNC(=O)[C@H]2CC(C)=CC[C@@H]2C(=O)[O-])cc1OCC. The predicted molar refractivity (Wildman–Crippen MR) is 100 cm³/mol. The number of allylic oxidation sites excluding steroid dienone is 2. The predicted octanol–water partition coefficient (Wildman–Crippen LogP) is 1.87. The van der Waals surface area contributed by atoms with Crippen LogP contribution in [0.3, 0.4) is 0 Å². The molecule has 0 fully saturated rings. The van der Waals surface area contributed by atoms with E-state index in [9.17, 15) is 14.7 Å².